The first-order valence-corrected chi connectivity index (χ1v) is 6.63. The van der Waals surface area contributed by atoms with Gasteiger partial charge in [-0.15, -0.1) is 0 Å². The van der Waals surface area contributed by atoms with Gasteiger partial charge >= 0.3 is 0 Å². The summed E-state index contributed by atoms with van der Waals surface area (Å²) in [6.45, 7) is 6.33. The first-order chi connectivity index (χ1) is 8.04. The molecule has 0 atom stereocenters. The molecule has 1 saturated heterocycles. The number of piperidine rings is 1. The van der Waals surface area contributed by atoms with Crippen LogP contribution in [0, 0.1) is 0 Å². The Hall–Kier alpha value is -0.570. The van der Waals surface area contributed by atoms with Gasteiger partial charge in [0.15, 0.2) is 0 Å². The maximum absolute atomic E-state index is 6.40. The fourth-order valence-corrected chi connectivity index (χ4v) is 3.39. The molecule has 3 heteroatoms. The van der Waals surface area contributed by atoms with Gasteiger partial charge in [-0.25, -0.2) is 0 Å². The van der Waals surface area contributed by atoms with E-state index in [1.807, 2.05) is 6.07 Å². The van der Waals surface area contributed by atoms with E-state index in [2.05, 4.69) is 31.3 Å². The highest BCUT2D eigenvalue weighted by atomic mass is 35.5. The normalized spacial score (nSPS) is 24.9. The highest BCUT2D eigenvalue weighted by Gasteiger charge is 2.49. The Balaban J connectivity index is 2.14. The lowest BCUT2D eigenvalue weighted by Crippen LogP contribution is -2.41. The summed E-state index contributed by atoms with van der Waals surface area (Å²) < 4.78 is 6.40. The van der Waals surface area contributed by atoms with Gasteiger partial charge in [0.1, 0.15) is 0 Å². The van der Waals surface area contributed by atoms with Crippen LogP contribution in [0.25, 0.3) is 0 Å². The van der Waals surface area contributed by atoms with Crippen molar-refractivity contribution in [3.8, 4) is 0 Å². The number of hydrogen-bond acceptors (Lipinski definition) is 2. The van der Waals surface area contributed by atoms with Gasteiger partial charge in [0.25, 0.3) is 0 Å². The number of fused-ring (bicyclic) bond motifs is 2. The van der Waals surface area contributed by atoms with Crippen LogP contribution < -0.4 is 5.32 Å². The summed E-state index contributed by atoms with van der Waals surface area (Å²) >= 11 is 6.15. The number of benzene rings is 1. The second-order valence-corrected chi connectivity index (χ2v) is 5.98. The summed E-state index contributed by atoms with van der Waals surface area (Å²) in [6.07, 6.45) is 2.06. The van der Waals surface area contributed by atoms with E-state index in [0.717, 1.165) is 31.0 Å². The SMILES string of the molecule is CC1(C)OC2(CCNCC2)c2cc(Cl)ccc21. The van der Waals surface area contributed by atoms with Crippen LogP contribution in [0.1, 0.15) is 37.8 Å². The van der Waals surface area contributed by atoms with E-state index < -0.39 is 0 Å². The van der Waals surface area contributed by atoms with Gasteiger partial charge in [0.05, 0.1) is 11.2 Å². The Morgan fingerprint density at radius 3 is 2.59 bits per heavy atom. The summed E-state index contributed by atoms with van der Waals surface area (Å²) in [5.74, 6) is 0. The second-order valence-electron chi connectivity index (χ2n) is 5.55. The largest absolute Gasteiger partial charge is 0.360 e. The molecular weight excluding hydrogens is 234 g/mol. The first kappa shape index (κ1) is 11.5. The van der Waals surface area contributed by atoms with Crippen molar-refractivity contribution in [3.05, 3.63) is 34.3 Å². The Morgan fingerprint density at radius 1 is 1.18 bits per heavy atom. The van der Waals surface area contributed by atoms with Crippen molar-refractivity contribution in [2.45, 2.75) is 37.9 Å². The molecular formula is C14H18ClNO. The maximum Gasteiger partial charge on any atom is 0.0971 e. The van der Waals surface area contributed by atoms with Crippen LogP contribution in [-0.4, -0.2) is 13.1 Å². The van der Waals surface area contributed by atoms with Crippen LogP contribution in [-0.2, 0) is 15.9 Å². The molecule has 1 N–H and O–H groups in total. The molecule has 0 aromatic heterocycles. The standard InChI is InChI=1S/C14H18ClNO/c1-13(2)11-4-3-10(15)9-12(11)14(17-13)5-7-16-8-6-14/h3-4,9,16H,5-8H2,1-2H3. The number of rotatable bonds is 0. The van der Waals surface area contributed by atoms with Gasteiger partial charge in [0.2, 0.25) is 0 Å². The molecule has 92 valence electrons. The minimum Gasteiger partial charge on any atom is -0.360 e. The summed E-state index contributed by atoms with van der Waals surface area (Å²) in [5.41, 5.74) is 2.28. The summed E-state index contributed by atoms with van der Waals surface area (Å²) in [6, 6.07) is 6.18. The minimum absolute atomic E-state index is 0.116. The average molecular weight is 252 g/mol. The monoisotopic (exact) mass is 251 g/mol. The fourth-order valence-electron chi connectivity index (χ4n) is 3.22. The molecule has 0 saturated carbocycles. The number of halogens is 1. The van der Waals surface area contributed by atoms with Crippen LogP contribution in [0.3, 0.4) is 0 Å². The highest BCUT2D eigenvalue weighted by molar-refractivity contribution is 6.30. The van der Waals surface area contributed by atoms with Crippen LogP contribution in [0.4, 0.5) is 0 Å². The molecule has 1 fully saturated rings. The third-order valence-electron chi connectivity index (χ3n) is 3.98. The topological polar surface area (TPSA) is 21.3 Å². The third kappa shape index (κ3) is 1.70. The zero-order chi connectivity index (χ0) is 12.1. The molecule has 2 heterocycles. The molecule has 17 heavy (non-hydrogen) atoms. The number of ether oxygens (including phenoxy) is 1. The molecule has 2 aliphatic rings. The Kier molecular flexibility index (Phi) is 2.51. The van der Waals surface area contributed by atoms with Crippen LogP contribution in [0.5, 0.6) is 0 Å². The molecule has 2 aliphatic heterocycles. The van der Waals surface area contributed by atoms with Gasteiger partial charge in [-0.3, -0.25) is 0 Å². The smallest absolute Gasteiger partial charge is 0.0971 e. The minimum atomic E-state index is -0.197. The number of nitrogens with one attached hydrogen (secondary N) is 1. The fraction of sp³-hybridized carbons (Fsp3) is 0.571. The quantitative estimate of drug-likeness (QED) is 0.765. The molecule has 0 bridgehead atoms. The van der Waals surface area contributed by atoms with Crippen LogP contribution in [0.15, 0.2) is 18.2 Å². The molecule has 0 unspecified atom stereocenters. The van der Waals surface area contributed by atoms with E-state index in [1.54, 1.807) is 0 Å². The van der Waals surface area contributed by atoms with E-state index >= 15 is 0 Å². The van der Waals surface area contributed by atoms with E-state index in [1.165, 1.54) is 11.1 Å². The van der Waals surface area contributed by atoms with Crippen LogP contribution >= 0.6 is 11.6 Å². The van der Waals surface area contributed by atoms with Gasteiger partial charge < -0.3 is 10.1 Å². The summed E-state index contributed by atoms with van der Waals surface area (Å²) in [7, 11) is 0. The predicted molar refractivity (Wildman–Crippen MR) is 69.3 cm³/mol. The van der Waals surface area contributed by atoms with Crippen molar-refractivity contribution in [3.63, 3.8) is 0 Å². The second kappa shape index (κ2) is 3.71. The van der Waals surface area contributed by atoms with E-state index in [0.29, 0.717) is 0 Å². The molecule has 0 amide bonds. The zero-order valence-electron chi connectivity index (χ0n) is 10.3. The van der Waals surface area contributed by atoms with Crippen molar-refractivity contribution in [1.82, 2.24) is 5.32 Å². The lowest BCUT2D eigenvalue weighted by molar-refractivity contribution is -0.138. The van der Waals surface area contributed by atoms with Gasteiger partial charge in [0, 0.05) is 5.02 Å². The van der Waals surface area contributed by atoms with Crippen molar-refractivity contribution in [2.75, 3.05) is 13.1 Å². The lowest BCUT2D eigenvalue weighted by Gasteiger charge is -2.36. The lowest BCUT2D eigenvalue weighted by atomic mass is 9.83. The van der Waals surface area contributed by atoms with Crippen molar-refractivity contribution < 1.29 is 4.74 Å². The van der Waals surface area contributed by atoms with Crippen molar-refractivity contribution in [2.24, 2.45) is 0 Å². The van der Waals surface area contributed by atoms with E-state index in [9.17, 15) is 0 Å². The van der Waals surface area contributed by atoms with Gasteiger partial charge in [-0.2, -0.15) is 0 Å². The molecule has 3 rings (SSSR count). The highest BCUT2D eigenvalue weighted by Crippen LogP contribution is 2.51. The molecule has 2 nitrogen and oxygen atoms in total. The molecule has 1 aromatic rings. The van der Waals surface area contributed by atoms with E-state index in [4.69, 9.17) is 16.3 Å². The number of hydrogen-bond donors (Lipinski definition) is 1. The molecule has 0 aliphatic carbocycles. The van der Waals surface area contributed by atoms with Crippen LogP contribution in [0.2, 0.25) is 5.02 Å². The maximum atomic E-state index is 6.40. The Morgan fingerprint density at radius 2 is 1.88 bits per heavy atom. The van der Waals surface area contributed by atoms with Gasteiger partial charge in [-0.05, 0) is 63.0 Å². The predicted octanol–water partition coefficient (Wildman–Crippen LogP) is 3.18. The molecule has 1 aromatic carbocycles. The van der Waals surface area contributed by atoms with Gasteiger partial charge in [-0.1, -0.05) is 17.7 Å². The van der Waals surface area contributed by atoms with E-state index in [-0.39, 0.29) is 11.2 Å². The summed E-state index contributed by atoms with van der Waals surface area (Å²) in [4.78, 5) is 0. The molecule has 1 spiro atoms. The first-order valence-electron chi connectivity index (χ1n) is 6.25. The summed E-state index contributed by atoms with van der Waals surface area (Å²) in [5, 5.41) is 4.20. The third-order valence-corrected chi connectivity index (χ3v) is 4.22. The Bertz CT molecular complexity index is 450. The average Bonchev–Trinajstić information content (AvgIpc) is 2.48. The van der Waals surface area contributed by atoms with Crippen molar-refractivity contribution in [1.29, 1.82) is 0 Å². The molecule has 0 radical (unpaired) electrons. The van der Waals surface area contributed by atoms with Crippen molar-refractivity contribution >= 4 is 11.6 Å². The zero-order valence-corrected chi connectivity index (χ0v) is 11.1. The Labute approximate surface area is 107 Å².